The van der Waals surface area contributed by atoms with E-state index in [1.807, 2.05) is 7.11 Å². The highest BCUT2D eigenvalue weighted by Gasteiger charge is 2.39. The van der Waals surface area contributed by atoms with Crippen LogP contribution in [0.2, 0.25) is 0 Å². The number of benzene rings is 2. The SMILES string of the molecule is COC[C](C1CCc2cc3c(cc21)CCC3)C1CCc2cc3c(cc21)CCC3. The van der Waals surface area contributed by atoms with Crippen molar-refractivity contribution in [1.29, 1.82) is 0 Å². The molecule has 6 rings (SSSR count). The first-order chi connectivity index (χ1) is 13.8. The molecular weight excluding hydrogens is 340 g/mol. The Labute approximate surface area is 169 Å². The number of aryl methyl sites for hydroxylation is 6. The van der Waals surface area contributed by atoms with Gasteiger partial charge in [0.25, 0.3) is 0 Å². The van der Waals surface area contributed by atoms with Crippen molar-refractivity contribution in [3.05, 3.63) is 74.7 Å². The van der Waals surface area contributed by atoms with Crippen LogP contribution in [0.25, 0.3) is 0 Å². The van der Waals surface area contributed by atoms with E-state index in [1.165, 1.54) is 64.2 Å². The molecule has 1 radical (unpaired) electrons. The molecule has 0 bridgehead atoms. The van der Waals surface area contributed by atoms with Crippen LogP contribution in [0.5, 0.6) is 0 Å². The Balaban J connectivity index is 1.37. The van der Waals surface area contributed by atoms with Gasteiger partial charge in [-0.15, -0.1) is 0 Å². The van der Waals surface area contributed by atoms with Crippen molar-refractivity contribution in [2.24, 2.45) is 0 Å². The topological polar surface area (TPSA) is 9.23 Å². The van der Waals surface area contributed by atoms with Gasteiger partial charge in [-0.1, -0.05) is 24.3 Å². The minimum atomic E-state index is 0.602. The van der Waals surface area contributed by atoms with Gasteiger partial charge in [-0.2, -0.15) is 0 Å². The molecule has 4 aliphatic carbocycles. The predicted molar refractivity (Wildman–Crippen MR) is 114 cm³/mol. The molecule has 4 aliphatic rings. The molecule has 0 fully saturated rings. The lowest BCUT2D eigenvalue weighted by molar-refractivity contribution is 0.192. The molecule has 28 heavy (non-hydrogen) atoms. The maximum Gasteiger partial charge on any atom is 0.0537 e. The second-order valence-corrected chi connectivity index (χ2v) is 9.54. The van der Waals surface area contributed by atoms with Crippen molar-refractivity contribution in [3.8, 4) is 0 Å². The van der Waals surface area contributed by atoms with Gasteiger partial charge in [0.05, 0.1) is 6.61 Å². The fourth-order valence-corrected chi connectivity index (χ4v) is 6.76. The van der Waals surface area contributed by atoms with Crippen molar-refractivity contribution in [2.45, 2.75) is 76.0 Å². The molecule has 145 valence electrons. The van der Waals surface area contributed by atoms with E-state index >= 15 is 0 Å². The summed E-state index contributed by atoms with van der Waals surface area (Å²) in [7, 11) is 1.89. The maximum absolute atomic E-state index is 5.81. The molecule has 0 aliphatic heterocycles. The Morgan fingerprint density at radius 1 is 0.679 bits per heavy atom. The van der Waals surface area contributed by atoms with Crippen molar-refractivity contribution in [3.63, 3.8) is 0 Å². The molecule has 0 amide bonds. The third-order valence-corrected chi connectivity index (χ3v) is 8.07. The predicted octanol–water partition coefficient (Wildman–Crippen LogP) is 5.64. The van der Waals surface area contributed by atoms with Crippen LogP contribution in [0, 0.1) is 5.92 Å². The highest BCUT2D eigenvalue weighted by Crippen LogP contribution is 2.51. The average Bonchev–Trinajstić information content (AvgIpc) is 3.47. The first-order valence-corrected chi connectivity index (χ1v) is 11.5. The van der Waals surface area contributed by atoms with Gasteiger partial charge in [0.15, 0.2) is 0 Å². The van der Waals surface area contributed by atoms with Crippen LogP contribution in [0.3, 0.4) is 0 Å². The van der Waals surface area contributed by atoms with Crippen molar-refractivity contribution >= 4 is 0 Å². The molecule has 2 atom stereocenters. The van der Waals surface area contributed by atoms with Crippen LogP contribution < -0.4 is 0 Å². The minimum absolute atomic E-state index is 0.602. The lowest BCUT2D eigenvalue weighted by Gasteiger charge is -2.30. The van der Waals surface area contributed by atoms with E-state index in [0.29, 0.717) is 11.8 Å². The second-order valence-electron chi connectivity index (χ2n) is 9.54. The van der Waals surface area contributed by atoms with E-state index in [-0.39, 0.29) is 0 Å². The van der Waals surface area contributed by atoms with Crippen LogP contribution in [0.4, 0.5) is 0 Å². The van der Waals surface area contributed by atoms with Gasteiger partial charge in [0.1, 0.15) is 0 Å². The quantitative estimate of drug-likeness (QED) is 0.675. The summed E-state index contributed by atoms with van der Waals surface area (Å²) in [6.45, 7) is 0.822. The largest absolute Gasteiger partial charge is 0.384 e. The summed E-state index contributed by atoms with van der Waals surface area (Å²) in [5.41, 5.74) is 13.1. The molecule has 2 unspecified atom stereocenters. The third kappa shape index (κ3) is 2.62. The maximum atomic E-state index is 5.81. The van der Waals surface area contributed by atoms with Crippen LogP contribution in [0.15, 0.2) is 24.3 Å². The minimum Gasteiger partial charge on any atom is -0.384 e. The van der Waals surface area contributed by atoms with Crippen LogP contribution in [-0.2, 0) is 43.3 Å². The van der Waals surface area contributed by atoms with E-state index in [0.717, 1.165) is 6.61 Å². The molecule has 0 heterocycles. The zero-order valence-corrected chi connectivity index (χ0v) is 17.2. The zero-order chi connectivity index (χ0) is 18.7. The Bertz CT molecular complexity index is 851. The van der Waals surface area contributed by atoms with Gasteiger partial charge in [0, 0.05) is 13.0 Å². The molecule has 1 heteroatoms. The Hall–Kier alpha value is -1.60. The highest BCUT2D eigenvalue weighted by atomic mass is 16.5. The van der Waals surface area contributed by atoms with Crippen LogP contribution in [-0.4, -0.2) is 13.7 Å². The summed E-state index contributed by atoms with van der Waals surface area (Å²) in [6, 6.07) is 10.3. The van der Waals surface area contributed by atoms with E-state index in [4.69, 9.17) is 4.74 Å². The fraction of sp³-hybridized carbons (Fsp3) is 0.519. The van der Waals surface area contributed by atoms with Gasteiger partial charge in [-0.3, -0.25) is 0 Å². The first-order valence-electron chi connectivity index (χ1n) is 11.5. The number of ether oxygens (including phenoxy) is 1. The summed E-state index contributed by atoms with van der Waals surface area (Å²) in [5.74, 6) is 2.87. The average molecular weight is 372 g/mol. The van der Waals surface area contributed by atoms with Gasteiger partial charge in [-0.05, 0) is 121 Å². The molecule has 0 aromatic heterocycles. The molecule has 2 aromatic rings. The molecule has 1 nitrogen and oxygen atoms in total. The molecule has 2 aromatic carbocycles. The first kappa shape index (κ1) is 17.3. The van der Waals surface area contributed by atoms with Crippen molar-refractivity contribution in [2.75, 3.05) is 13.7 Å². The van der Waals surface area contributed by atoms with Crippen molar-refractivity contribution < 1.29 is 4.74 Å². The monoisotopic (exact) mass is 371 g/mol. The number of hydrogen-bond donors (Lipinski definition) is 0. The summed E-state index contributed by atoms with van der Waals surface area (Å²) in [4.78, 5) is 0. The highest BCUT2D eigenvalue weighted by molar-refractivity contribution is 5.51. The number of hydrogen-bond acceptors (Lipinski definition) is 1. The summed E-state index contributed by atoms with van der Waals surface area (Å²) >= 11 is 0. The lowest BCUT2D eigenvalue weighted by atomic mass is 9.76. The van der Waals surface area contributed by atoms with E-state index in [9.17, 15) is 0 Å². The summed E-state index contributed by atoms with van der Waals surface area (Å²) in [6.07, 6.45) is 12.9. The third-order valence-electron chi connectivity index (χ3n) is 8.07. The molecule has 0 spiro atoms. The smallest absolute Gasteiger partial charge is 0.0537 e. The zero-order valence-electron chi connectivity index (χ0n) is 17.2. The summed E-state index contributed by atoms with van der Waals surface area (Å²) in [5, 5.41) is 0. The molecule has 0 saturated heterocycles. The number of fused-ring (bicyclic) bond motifs is 4. The standard InChI is InChI=1S/C27H31O/c1-28-16-27(23-10-8-21-12-17-4-2-6-19(17)14-25(21)23)24-11-9-22-13-18-5-3-7-20(18)15-26(22)24/h12-15,23-24H,2-11,16H2,1H3. The van der Waals surface area contributed by atoms with Gasteiger partial charge >= 0.3 is 0 Å². The van der Waals surface area contributed by atoms with Gasteiger partial charge in [0.2, 0.25) is 0 Å². The number of methoxy groups -OCH3 is 1. The van der Waals surface area contributed by atoms with Crippen molar-refractivity contribution in [1.82, 2.24) is 0 Å². The Morgan fingerprint density at radius 2 is 1.14 bits per heavy atom. The lowest BCUT2D eigenvalue weighted by Crippen LogP contribution is -2.21. The second kappa shape index (κ2) is 6.73. The van der Waals surface area contributed by atoms with Crippen LogP contribution in [0.1, 0.15) is 82.0 Å². The van der Waals surface area contributed by atoms with E-state index in [2.05, 4.69) is 24.3 Å². The van der Waals surface area contributed by atoms with Gasteiger partial charge in [-0.25, -0.2) is 0 Å². The Morgan fingerprint density at radius 3 is 1.61 bits per heavy atom. The Kier molecular flexibility index (Phi) is 4.15. The molecule has 0 N–H and O–H groups in total. The number of rotatable bonds is 4. The van der Waals surface area contributed by atoms with E-state index in [1.54, 1.807) is 50.4 Å². The normalized spacial score (nSPS) is 24.5. The van der Waals surface area contributed by atoms with Crippen LogP contribution >= 0.6 is 0 Å². The van der Waals surface area contributed by atoms with Gasteiger partial charge < -0.3 is 4.74 Å². The van der Waals surface area contributed by atoms with E-state index < -0.39 is 0 Å². The molecular formula is C27H31O. The fourth-order valence-electron chi connectivity index (χ4n) is 6.76. The molecule has 0 saturated carbocycles. The summed E-state index contributed by atoms with van der Waals surface area (Å²) < 4.78 is 5.81.